The SMILES string of the molecule is CCOc1cccc(OCCNS(=O)(=O)c2ccc(OC)cc2)c1. The molecule has 0 saturated heterocycles. The number of ether oxygens (including phenoxy) is 3. The van der Waals surface area contributed by atoms with Crippen molar-refractivity contribution in [1.82, 2.24) is 4.72 Å². The summed E-state index contributed by atoms with van der Waals surface area (Å²) in [5.74, 6) is 1.95. The van der Waals surface area contributed by atoms with Gasteiger partial charge in [-0.15, -0.1) is 0 Å². The molecular formula is C17H21NO5S. The van der Waals surface area contributed by atoms with Crippen LogP contribution < -0.4 is 18.9 Å². The largest absolute Gasteiger partial charge is 0.497 e. The van der Waals surface area contributed by atoms with Gasteiger partial charge in [0.1, 0.15) is 23.9 Å². The molecule has 0 aliphatic rings. The lowest BCUT2D eigenvalue weighted by Crippen LogP contribution is -2.28. The summed E-state index contributed by atoms with van der Waals surface area (Å²) in [6.07, 6.45) is 0. The zero-order chi connectivity index (χ0) is 17.4. The van der Waals surface area contributed by atoms with E-state index < -0.39 is 10.0 Å². The number of benzene rings is 2. The molecule has 0 atom stereocenters. The minimum atomic E-state index is -3.57. The highest BCUT2D eigenvalue weighted by molar-refractivity contribution is 7.89. The summed E-state index contributed by atoms with van der Waals surface area (Å²) in [5, 5.41) is 0. The molecule has 0 aliphatic heterocycles. The van der Waals surface area contributed by atoms with E-state index in [1.54, 1.807) is 24.3 Å². The Hall–Kier alpha value is -2.25. The van der Waals surface area contributed by atoms with Crippen molar-refractivity contribution in [3.05, 3.63) is 48.5 Å². The van der Waals surface area contributed by atoms with Gasteiger partial charge in [0.15, 0.2) is 0 Å². The van der Waals surface area contributed by atoms with Gasteiger partial charge in [-0.05, 0) is 43.3 Å². The molecule has 24 heavy (non-hydrogen) atoms. The molecule has 0 fully saturated rings. The number of sulfonamides is 1. The summed E-state index contributed by atoms with van der Waals surface area (Å²) < 4.78 is 42.7. The fourth-order valence-corrected chi connectivity index (χ4v) is 3.02. The van der Waals surface area contributed by atoms with Gasteiger partial charge in [0, 0.05) is 12.6 Å². The van der Waals surface area contributed by atoms with Crippen molar-refractivity contribution >= 4 is 10.0 Å². The van der Waals surface area contributed by atoms with Crippen molar-refractivity contribution in [2.45, 2.75) is 11.8 Å². The van der Waals surface area contributed by atoms with E-state index >= 15 is 0 Å². The molecule has 0 heterocycles. The normalized spacial score (nSPS) is 11.1. The highest BCUT2D eigenvalue weighted by Crippen LogP contribution is 2.19. The third kappa shape index (κ3) is 5.14. The second kappa shape index (κ2) is 8.56. The Kier molecular flexibility index (Phi) is 6.45. The second-order valence-corrected chi connectivity index (χ2v) is 6.60. The van der Waals surface area contributed by atoms with Crippen LogP contribution in [0.4, 0.5) is 0 Å². The quantitative estimate of drug-likeness (QED) is 0.703. The maximum Gasteiger partial charge on any atom is 0.240 e. The van der Waals surface area contributed by atoms with E-state index in [4.69, 9.17) is 14.2 Å². The van der Waals surface area contributed by atoms with E-state index in [1.807, 2.05) is 19.1 Å². The van der Waals surface area contributed by atoms with Gasteiger partial charge in [0.05, 0.1) is 18.6 Å². The van der Waals surface area contributed by atoms with E-state index in [0.717, 1.165) is 0 Å². The molecule has 0 aromatic heterocycles. The van der Waals surface area contributed by atoms with Crippen LogP contribution in [-0.4, -0.2) is 35.3 Å². The standard InChI is InChI=1S/C17H21NO5S/c1-3-22-15-5-4-6-16(13-15)23-12-11-18-24(19,20)17-9-7-14(21-2)8-10-17/h4-10,13,18H,3,11-12H2,1-2H3. The fraction of sp³-hybridized carbons (Fsp3) is 0.294. The first-order chi connectivity index (χ1) is 11.5. The third-order valence-electron chi connectivity index (χ3n) is 3.15. The van der Waals surface area contributed by atoms with E-state index in [1.165, 1.54) is 19.2 Å². The van der Waals surface area contributed by atoms with Crippen LogP contribution in [0, 0.1) is 0 Å². The van der Waals surface area contributed by atoms with Gasteiger partial charge in [-0.25, -0.2) is 13.1 Å². The van der Waals surface area contributed by atoms with Gasteiger partial charge in [0.25, 0.3) is 0 Å². The zero-order valence-corrected chi connectivity index (χ0v) is 14.5. The van der Waals surface area contributed by atoms with Crippen LogP contribution in [-0.2, 0) is 10.0 Å². The molecule has 0 spiro atoms. The number of rotatable bonds is 9. The first-order valence-corrected chi connectivity index (χ1v) is 9.03. The summed E-state index contributed by atoms with van der Waals surface area (Å²) in [6.45, 7) is 2.85. The van der Waals surface area contributed by atoms with Crippen molar-refractivity contribution < 1.29 is 22.6 Å². The van der Waals surface area contributed by atoms with Gasteiger partial charge in [0.2, 0.25) is 10.0 Å². The summed E-state index contributed by atoms with van der Waals surface area (Å²) in [5.41, 5.74) is 0. The Morgan fingerprint density at radius 1 is 0.958 bits per heavy atom. The van der Waals surface area contributed by atoms with Crippen molar-refractivity contribution in [2.24, 2.45) is 0 Å². The summed E-state index contributed by atoms with van der Waals surface area (Å²) in [7, 11) is -2.04. The number of hydrogen-bond acceptors (Lipinski definition) is 5. The molecule has 0 amide bonds. The molecule has 0 unspecified atom stereocenters. The predicted octanol–water partition coefficient (Wildman–Crippen LogP) is 2.45. The minimum Gasteiger partial charge on any atom is -0.497 e. The highest BCUT2D eigenvalue weighted by Gasteiger charge is 2.13. The van der Waals surface area contributed by atoms with Crippen LogP contribution in [0.2, 0.25) is 0 Å². The lowest BCUT2D eigenvalue weighted by atomic mass is 10.3. The molecule has 0 saturated carbocycles. The Morgan fingerprint density at radius 2 is 1.62 bits per heavy atom. The molecule has 6 nitrogen and oxygen atoms in total. The maximum atomic E-state index is 12.2. The van der Waals surface area contributed by atoms with Gasteiger partial charge >= 0.3 is 0 Å². The van der Waals surface area contributed by atoms with Crippen LogP contribution in [0.1, 0.15) is 6.92 Å². The molecule has 2 aromatic rings. The van der Waals surface area contributed by atoms with E-state index in [9.17, 15) is 8.42 Å². The van der Waals surface area contributed by atoms with Crippen molar-refractivity contribution in [2.75, 3.05) is 26.9 Å². The highest BCUT2D eigenvalue weighted by atomic mass is 32.2. The molecule has 0 bridgehead atoms. The van der Waals surface area contributed by atoms with E-state index in [0.29, 0.717) is 23.9 Å². The van der Waals surface area contributed by atoms with Crippen molar-refractivity contribution in [1.29, 1.82) is 0 Å². The first-order valence-electron chi connectivity index (χ1n) is 7.54. The lowest BCUT2D eigenvalue weighted by Gasteiger charge is -2.10. The van der Waals surface area contributed by atoms with Crippen LogP contribution >= 0.6 is 0 Å². The zero-order valence-electron chi connectivity index (χ0n) is 13.7. The molecular weight excluding hydrogens is 330 g/mol. The van der Waals surface area contributed by atoms with Gasteiger partial charge < -0.3 is 14.2 Å². The summed E-state index contributed by atoms with van der Waals surface area (Å²) in [6, 6.07) is 13.4. The van der Waals surface area contributed by atoms with E-state index in [2.05, 4.69) is 4.72 Å². The van der Waals surface area contributed by atoms with Gasteiger partial charge in [-0.2, -0.15) is 0 Å². The van der Waals surface area contributed by atoms with Gasteiger partial charge in [-0.3, -0.25) is 0 Å². The Labute approximate surface area is 142 Å². The topological polar surface area (TPSA) is 73.9 Å². The fourth-order valence-electron chi connectivity index (χ4n) is 2.00. The molecule has 0 aliphatic carbocycles. The minimum absolute atomic E-state index is 0.160. The second-order valence-electron chi connectivity index (χ2n) is 4.83. The number of nitrogens with one attached hydrogen (secondary N) is 1. The summed E-state index contributed by atoms with van der Waals surface area (Å²) >= 11 is 0. The summed E-state index contributed by atoms with van der Waals surface area (Å²) in [4.78, 5) is 0.182. The average molecular weight is 351 g/mol. The number of hydrogen-bond donors (Lipinski definition) is 1. The van der Waals surface area contributed by atoms with Crippen LogP contribution in [0.25, 0.3) is 0 Å². The van der Waals surface area contributed by atoms with E-state index in [-0.39, 0.29) is 18.0 Å². The van der Waals surface area contributed by atoms with Crippen LogP contribution in [0.15, 0.2) is 53.4 Å². The third-order valence-corrected chi connectivity index (χ3v) is 4.63. The number of methoxy groups -OCH3 is 1. The lowest BCUT2D eigenvalue weighted by molar-refractivity contribution is 0.313. The first kappa shape index (κ1) is 18.1. The Balaban J connectivity index is 1.85. The molecule has 0 radical (unpaired) electrons. The predicted molar refractivity (Wildman–Crippen MR) is 91.3 cm³/mol. The molecule has 2 aromatic carbocycles. The molecule has 1 N–H and O–H groups in total. The Morgan fingerprint density at radius 3 is 2.25 bits per heavy atom. The van der Waals surface area contributed by atoms with Crippen LogP contribution in [0.5, 0.6) is 17.2 Å². The monoisotopic (exact) mass is 351 g/mol. The molecule has 7 heteroatoms. The van der Waals surface area contributed by atoms with Crippen molar-refractivity contribution in [3.63, 3.8) is 0 Å². The average Bonchev–Trinajstić information content (AvgIpc) is 2.59. The smallest absolute Gasteiger partial charge is 0.240 e. The van der Waals surface area contributed by atoms with Crippen molar-refractivity contribution in [3.8, 4) is 17.2 Å². The maximum absolute atomic E-state index is 12.2. The Bertz CT molecular complexity index is 744. The molecule has 130 valence electrons. The van der Waals surface area contributed by atoms with Crippen LogP contribution in [0.3, 0.4) is 0 Å². The molecule has 2 rings (SSSR count). The van der Waals surface area contributed by atoms with Gasteiger partial charge in [-0.1, -0.05) is 6.07 Å².